The molecule has 0 fully saturated rings. The predicted molar refractivity (Wildman–Crippen MR) is 64.5 cm³/mol. The lowest BCUT2D eigenvalue weighted by molar-refractivity contribution is 1.44. The number of rotatable bonds is 1. The van der Waals surface area contributed by atoms with Crippen molar-refractivity contribution in [2.24, 2.45) is 0 Å². The largest absolute Gasteiger partial charge is 0.0801 e. The van der Waals surface area contributed by atoms with E-state index < -0.39 is 0 Å². The van der Waals surface area contributed by atoms with Crippen LogP contribution in [-0.4, -0.2) is 0 Å². The second-order valence-corrected chi connectivity index (χ2v) is 3.80. The quantitative estimate of drug-likeness (QED) is 0.639. The average molecular weight is 191 g/mol. The van der Waals surface area contributed by atoms with Gasteiger partial charge in [0.15, 0.2) is 0 Å². The Labute approximate surface area is 89.6 Å². The van der Waals surface area contributed by atoms with Crippen molar-refractivity contribution in [1.82, 2.24) is 0 Å². The van der Waals surface area contributed by atoms with Crippen LogP contribution in [-0.2, 0) is 0 Å². The van der Waals surface area contributed by atoms with Gasteiger partial charge >= 0.3 is 0 Å². The molecule has 1 aliphatic carbocycles. The lowest BCUT2D eigenvalue weighted by Gasteiger charge is -2.03. The van der Waals surface area contributed by atoms with Crippen LogP contribution in [0.2, 0.25) is 0 Å². The fourth-order valence-corrected chi connectivity index (χ4v) is 1.96. The first-order chi connectivity index (χ1) is 7.43. The number of fused-ring (bicyclic) bond motifs is 1. The molecule has 0 saturated carbocycles. The van der Waals surface area contributed by atoms with Gasteiger partial charge in [-0.15, -0.1) is 0 Å². The van der Waals surface area contributed by atoms with Gasteiger partial charge in [-0.1, -0.05) is 42.5 Å². The van der Waals surface area contributed by atoms with Crippen molar-refractivity contribution in [3.05, 3.63) is 66.3 Å². The average Bonchev–Trinajstić information content (AvgIpc) is 2.82. The van der Waals surface area contributed by atoms with E-state index in [4.69, 9.17) is 0 Å². The Bertz CT molecular complexity index is 559. The Morgan fingerprint density at radius 3 is 2.73 bits per heavy atom. The molecule has 0 aliphatic heterocycles. The van der Waals surface area contributed by atoms with E-state index in [1.54, 1.807) is 0 Å². The molecule has 0 unspecified atom stereocenters. The summed E-state index contributed by atoms with van der Waals surface area (Å²) >= 11 is 0. The summed E-state index contributed by atoms with van der Waals surface area (Å²) in [6.07, 6.45) is 7.49. The third kappa shape index (κ3) is 1.48. The lowest BCUT2D eigenvalue weighted by atomic mass is 10.0. The fourth-order valence-electron chi connectivity index (χ4n) is 1.96. The maximum atomic E-state index is 3.35. The summed E-state index contributed by atoms with van der Waals surface area (Å²) in [5.74, 6) is 0. The normalized spacial score (nSPS) is 14.5. The van der Waals surface area contributed by atoms with E-state index in [-0.39, 0.29) is 0 Å². The van der Waals surface area contributed by atoms with Crippen LogP contribution in [0.15, 0.2) is 54.6 Å². The highest BCUT2D eigenvalue weighted by Gasteiger charge is 2.03. The third-order valence-corrected chi connectivity index (χ3v) is 2.80. The molecule has 15 heavy (non-hydrogen) atoms. The van der Waals surface area contributed by atoms with E-state index in [0.717, 1.165) is 6.42 Å². The maximum Gasteiger partial charge on any atom is -0.00882 e. The summed E-state index contributed by atoms with van der Waals surface area (Å²) in [4.78, 5) is 0. The van der Waals surface area contributed by atoms with Gasteiger partial charge in [-0.05, 0) is 46.5 Å². The molecule has 0 heterocycles. The van der Waals surface area contributed by atoms with Gasteiger partial charge in [0, 0.05) is 0 Å². The molecular weight excluding hydrogens is 180 g/mol. The Morgan fingerprint density at radius 1 is 1.07 bits per heavy atom. The Hall–Kier alpha value is -1.82. The van der Waals surface area contributed by atoms with Crippen LogP contribution in [0, 0.1) is 6.07 Å². The molecule has 2 aromatic rings. The minimum absolute atomic E-state index is 1.04. The lowest BCUT2D eigenvalue weighted by Crippen LogP contribution is -1.82. The minimum Gasteiger partial charge on any atom is -0.0801 e. The summed E-state index contributed by atoms with van der Waals surface area (Å²) in [6.45, 7) is 0. The molecule has 71 valence electrons. The molecule has 0 aromatic heterocycles. The number of benzene rings is 2. The zero-order chi connectivity index (χ0) is 10.1. The van der Waals surface area contributed by atoms with Crippen LogP contribution >= 0.6 is 0 Å². The molecule has 0 bridgehead atoms. The van der Waals surface area contributed by atoms with Gasteiger partial charge in [0.05, 0.1) is 0 Å². The van der Waals surface area contributed by atoms with Crippen molar-refractivity contribution < 1.29 is 0 Å². The van der Waals surface area contributed by atoms with Crippen LogP contribution in [0.3, 0.4) is 0 Å². The van der Waals surface area contributed by atoms with Gasteiger partial charge in [-0.25, -0.2) is 0 Å². The van der Waals surface area contributed by atoms with E-state index in [0.29, 0.717) is 0 Å². The van der Waals surface area contributed by atoms with Crippen LogP contribution in [0.25, 0.3) is 16.3 Å². The van der Waals surface area contributed by atoms with E-state index in [1.165, 1.54) is 21.9 Å². The SMILES string of the molecule is [c]1cc2ccccc2cc1C1=CC=CC1. The highest BCUT2D eigenvalue weighted by atomic mass is 14.1. The monoisotopic (exact) mass is 191 g/mol. The molecule has 0 saturated heterocycles. The highest BCUT2D eigenvalue weighted by molar-refractivity contribution is 5.86. The van der Waals surface area contributed by atoms with Crippen molar-refractivity contribution >= 4 is 16.3 Å². The fraction of sp³-hybridized carbons (Fsp3) is 0.0667. The molecule has 0 heteroatoms. The van der Waals surface area contributed by atoms with E-state index in [1.807, 2.05) is 0 Å². The summed E-state index contributed by atoms with van der Waals surface area (Å²) < 4.78 is 0. The molecule has 0 spiro atoms. The minimum atomic E-state index is 1.04. The Morgan fingerprint density at radius 2 is 1.93 bits per heavy atom. The summed E-state index contributed by atoms with van der Waals surface area (Å²) in [5, 5.41) is 2.55. The van der Waals surface area contributed by atoms with Crippen LogP contribution < -0.4 is 0 Å². The van der Waals surface area contributed by atoms with Gasteiger partial charge in [-0.2, -0.15) is 0 Å². The molecule has 0 amide bonds. The standard InChI is InChI=1S/C15H11/c1-2-6-12(5-1)15-10-9-13-7-3-4-8-14(13)11-15/h1-5,7-9,11H,6H2. The zero-order valence-corrected chi connectivity index (χ0v) is 8.40. The second-order valence-electron chi connectivity index (χ2n) is 3.80. The zero-order valence-electron chi connectivity index (χ0n) is 8.40. The second kappa shape index (κ2) is 3.39. The molecule has 1 aliphatic rings. The molecule has 3 rings (SSSR count). The van der Waals surface area contributed by atoms with E-state index >= 15 is 0 Å². The van der Waals surface area contributed by atoms with Gasteiger partial charge < -0.3 is 0 Å². The van der Waals surface area contributed by atoms with Crippen molar-refractivity contribution in [2.45, 2.75) is 6.42 Å². The Kier molecular flexibility index (Phi) is 1.92. The summed E-state index contributed by atoms with van der Waals surface area (Å²) in [5.41, 5.74) is 2.58. The summed E-state index contributed by atoms with van der Waals surface area (Å²) in [7, 11) is 0. The van der Waals surface area contributed by atoms with Crippen molar-refractivity contribution in [1.29, 1.82) is 0 Å². The van der Waals surface area contributed by atoms with Crippen molar-refractivity contribution in [3.63, 3.8) is 0 Å². The predicted octanol–water partition coefficient (Wildman–Crippen LogP) is 3.98. The number of hydrogen-bond donors (Lipinski definition) is 0. The first-order valence-corrected chi connectivity index (χ1v) is 5.20. The van der Waals surface area contributed by atoms with Crippen molar-refractivity contribution in [3.8, 4) is 0 Å². The maximum absolute atomic E-state index is 3.35. The molecule has 2 aromatic carbocycles. The number of hydrogen-bond acceptors (Lipinski definition) is 0. The first kappa shape index (κ1) is 8.49. The van der Waals surface area contributed by atoms with Gasteiger partial charge in [0.1, 0.15) is 0 Å². The van der Waals surface area contributed by atoms with Crippen LogP contribution in [0.5, 0.6) is 0 Å². The molecule has 0 N–H and O–H groups in total. The molecule has 0 atom stereocenters. The van der Waals surface area contributed by atoms with Gasteiger partial charge in [0.25, 0.3) is 0 Å². The molecule has 0 nitrogen and oxygen atoms in total. The topological polar surface area (TPSA) is 0 Å². The van der Waals surface area contributed by atoms with Crippen LogP contribution in [0.1, 0.15) is 12.0 Å². The smallest absolute Gasteiger partial charge is 0.00882 e. The van der Waals surface area contributed by atoms with Crippen LogP contribution in [0.4, 0.5) is 0 Å². The molecule has 1 radical (unpaired) electrons. The van der Waals surface area contributed by atoms with Gasteiger partial charge in [0.2, 0.25) is 0 Å². The first-order valence-electron chi connectivity index (χ1n) is 5.20. The van der Waals surface area contributed by atoms with Crippen molar-refractivity contribution in [2.75, 3.05) is 0 Å². The Balaban J connectivity index is 2.14. The van der Waals surface area contributed by atoms with E-state index in [2.05, 4.69) is 60.7 Å². The highest BCUT2D eigenvalue weighted by Crippen LogP contribution is 2.25. The van der Waals surface area contributed by atoms with Gasteiger partial charge in [-0.3, -0.25) is 0 Å². The summed E-state index contributed by atoms with van der Waals surface area (Å²) in [6, 6.07) is 16.0. The third-order valence-electron chi connectivity index (χ3n) is 2.80. The number of allylic oxidation sites excluding steroid dienone is 4. The van der Waals surface area contributed by atoms with E-state index in [9.17, 15) is 0 Å². The molecular formula is C15H11.